The van der Waals surface area contributed by atoms with Crippen molar-refractivity contribution in [3.05, 3.63) is 0 Å². The van der Waals surface area contributed by atoms with Crippen LogP contribution in [0.5, 0.6) is 0 Å². The SMILES string of the molecule is CCNC(=NCC(C)CN(C)C(=O)OC(C)(C)C)NCCCCOCC.I. The van der Waals surface area contributed by atoms with Crippen LogP contribution in [0.2, 0.25) is 0 Å². The molecule has 0 aliphatic heterocycles. The van der Waals surface area contributed by atoms with E-state index in [1.54, 1.807) is 11.9 Å². The van der Waals surface area contributed by atoms with Gasteiger partial charge in [0.25, 0.3) is 0 Å². The zero-order valence-electron chi connectivity index (χ0n) is 18.3. The van der Waals surface area contributed by atoms with Crippen LogP contribution in [0.15, 0.2) is 4.99 Å². The molecule has 0 aliphatic carbocycles. The van der Waals surface area contributed by atoms with Crippen molar-refractivity contribution in [2.75, 3.05) is 46.4 Å². The van der Waals surface area contributed by atoms with Crippen molar-refractivity contribution < 1.29 is 14.3 Å². The molecule has 0 aliphatic rings. The molecule has 0 fully saturated rings. The molecule has 7 nitrogen and oxygen atoms in total. The third-order valence-corrected chi connectivity index (χ3v) is 3.41. The van der Waals surface area contributed by atoms with Gasteiger partial charge < -0.3 is 25.0 Å². The molecular formula is C19H41IN4O3. The summed E-state index contributed by atoms with van der Waals surface area (Å²) in [5.41, 5.74) is -0.475. The number of ether oxygens (including phenoxy) is 2. The first-order valence-electron chi connectivity index (χ1n) is 9.73. The Kier molecular flexibility index (Phi) is 17.1. The highest BCUT2D eigenvalue weighted by Crippen LogP contribution is 2.10. The van der Waals surface area contributed by atoms with Gasteiger partial charge in [-0.15, -0.1) is 24.0 Å². The molecule has 0 bridgehead atoms. The van der Waals surface area contributed by atoms with E-state index in [2.05, 4.69) is 22.5 Å². The molecule has 1 atom stereocenters. The monoisotopic (exact) mass is 500 g/mol. The third-order valence-electron chi connectivity index (χ3n) is 3.41. The number of unbranched alkanes of at least 4 members (excludes halogenated alkanes) is 1. The molecule has 27 heavy (non-hydrogen) atoms. The second-order valence-corrected chi connectivity index (χ2v) is 7.52. The van der Waals surface area contributed by atoms with Gasteiger partial charge in [-0.2, -0.15) is 0 Å². The summed E-state index contributed by atoms with van der Waals surface area (Å²) in [6.07, 6.45) is 1.78. The largest absolute Gasteiger partial charge is 0.444 e. The topological polar surface area (TPSA) is 75.2 Å². The zero-order valence-corrected chi connectivity index (χ0v) is 20.6. The standard InChI is InChI=1S/C19H40N4O3.HI/c1-8-20-17(21-12-10-11-13-25-9-2)22-14-16(3)15-23(7)18(24)26-19(4,5)6;/h16H,8-15H2,1-7H3,(H2,20,21,22);1H. The van der Waals surface area contributed by atoms with Gasteiger partial charge in [-0.1, -0.05) is 6.92 Å². The number of hydrogen-bond acceptors (Lipinski definition) is 4. The van der Waals surface area contributed by atoms with Crippen LogP contribution in [0.4, 0.5) is 4.79 Å². The van der Waals surface area contributed by atoms with Gasteiger partial charge in [-0.05, 0) is 53.4 Å². The van der Waals surface area contributed by atoms with Gasteiger partial charge in [-0.3, -0.25) is 4.99 Å². The first-order valence-corrected chi connectivity index (χ1v) is 9.73. The Morgan fingerprint density at radius 2 is 1.85 bits per heavy atom. The summed E-state index contributed by atoms with van der Waals surface area (Å²) in [7, 11) is 1.76. The first-order chi connectivity index (χ1) is 12.2. The van der Waals surface area contributed by atoms with E-state index >= 15 is 0 Å². The summed E-state index contributed by atoms with van der Waals surface area (Å²) in [5, 5.41) is 6.59. The third kappa shape index (κ3) is 17.1. The predicted octanol–water partition coefficient (Wildman–Crippen LogP) is 3.48. The molecule has 0 heterocycles. The fourth-order valence-corrected chi connectivity index (χ4v) is 2.21. The normalized spacial score (nSPS) is 12.8. The highest BCUT2D eigenvalue weighted by Gasteiger charge is 2.20. The van der Waals surface area contributed by atoms with Crippen molar-refractivity contribution in [1.29, 1.82) is 0 Å². The van der Waals surface area contributed by atoms with Crippen molar-refractivity contribution in [2.45, 2.75) is 60.0 Å². The van der Waals surface area contributed by atoms with E-state index in [1.165, 1.54) is 0 Å². The van der Waals surface area contributed by atoms with Crippen molar-refractivity contribution in [2.24, 2.45) is 10.9 Å². The van der Waals surface area contributed by atoms with E-state index in [0.29, 0.717) is 13.1 Å². The van der Waals surface area contributed by atoms with E-state index < -0.39 is 5.60 Å². The number of amides is 1. The molecule has 1 amide bonds. The van der Waals surface area contributed by atoms with Gasteiger partial charge in [0.05, 0.1) is 0 Å². The van der Waals surface area contributed by atoms with Crippen LogP contribution in [-0.4, -0.2) is 69.0 Å². The second kappa shape index (κ2) is 16.2. The molecule has 8 heteroatoms. The maximum Gasteiger partial charge on any atom is 0.410 e. The first kappa shape index (κ1) is 28.4. The summed E-state index contributed by atoms with van der Waals surface area (Å²) in [4.78, 5) is 18.2. The average Bonchev–Trinajstić information content (AvgIpc) is 2.54. The number of carbonyl (C=O) groups excluding carboxylic acids is 1. The highest BCUT2D eigenvalue weighted by atomic mass is 127. The maximum atomic E-state index is 12.0. The molecule has 2 N–H and O–H groups in total. The fraction of sp³-hybridized carbons (Fsp3) is 0.895. The van der Waals surface area contributed by atoms with Crippen LogP contribution in [0.3, 0.4) is 0 Å². The van der Waals surface area contributed by atoms with Gasteiger partial charge in [0.15, 0.2) is 5.96 Å². The number of carbonyl (C=O) groups is 1. The van der Waals surface area contributed by atoms with Crippen molar-refractivity contribution in [1.82, 2.24) is 15.5 Å². The van der Waals surface area contributed by atoms with Crippen LogP contribution >= 0.6 is 24.0 Å². The summed E-state index contributed by atoms with van der Waals surface area (Å²) < 4.78 is 10.7. The minimum atomic E-state index is -0.475. The van der Waals surface area contributed by atoms with Gasteiger partial charge in [0.2, 0.25) is 0 Å². The summed E-state index contributed by atoms with van der Waals surface area (Å²) >= 11 is 0. The molecule has 162 valence electrons. The Balaban J connectivity index is 0. The second-order valence-electron chi connectivity index (χ2n) is 7.52. The average molecular weight is 500 g/mol. The van der Waals surface area contributed by atoms with Crippen LogP contribution in [0.1, 0.15) is 54.4 Å². The lowest BCUT2D eigenvalue weighted by Crippen LogP contribution is -2.39. The molecule has 0 rings (SSSR count). The van der Waals surface area contributed by atoms with E-state index in [4.69, 9.17) is 9.47 Å². The maximum absolute atomic E-state index is 12.0. The summed E-state index contributed by atoms with van der Waals surface area (Å²) in [6, 6.07) is 0. The Morgan fingerprint density at radius 3 is 2.41 bits per heavy atom. The highest BCUT2D eigenvalue weighted by molar-refractivity contribution is 14.0. The van der Waals surface area contributed by atoms with E-state index in [0.717, 1.165) is 45.1 Å². The number of nitrogens with zero attached hydrogens (tertiary/aromatic N) is 2. The van der Waals surface area contributed by atoms with E-state index in [9.17, 15) is 4.79 Å². The minimum absolute atomic E-state index is 0. The Hall–Kier alpha value is -0.770. The molecule has 0 aromatic rings. The molecular weight excluding hydrogens is 459 g/mol. The molecule has 0 aromatic carbocycles. The predicted molar refractivity (Wildman–Crippen MR) is 123 cm³/mol. The smallest absolute Gasteiger partial charge is 0.410 e. The summed E-state index contributed by atoms with van der Waals surface area (Å²) in [5.74, 6) is 1.05. The van der Waals surface area contributed by atoms with Crippen LogP contribution in [-0.2, 0) is 9.47 Å². The summed E-state index contributed by atoms with van der Waals surface area (Å²) in [6.45, 7) is 16.2. The Bertz CT molecular complexity index is 414. The quantitative estimate of drug-likeness (QED) is 0.197. The molecule has 0 saturated carbocycles. The molecule has 0 saturated heterocycles. The number of hydrogen-bond donors (Lipinski definition) is 2. The molecule has 0 radical (unpaired) electrons. The van der Waals surface area contributed by atoms with Crippen molar-refractivity contribution in [3.8, 4) is 0 Å². The van der Waals surface area contributed by atoms with Gasteiger partial charge >= 0.3 is 6.09 Å². The van der Waals surface area contributed by atoms with Gasteiger partial charge in [-0.25, -0.2) is 4.79 Å². The number of aliphatic imine (C=N–C) groups is 1. The van der Waals surface area contributed by atoms with Crippen LogP contribution in [0.25, 0.3) is 0 Å². The minimum Gasteiger partial charge on any atom is -0.444 e. The fourth-order valence-electron chi connectivity index (χ4n) is 2.21. The number of rotatable bonds is 11. The van der Waals surface area contributed by atoms with Crippen molar-refractivity contribution >= 4 is 36.0 Å². The molecule has 0 spiro atoms. The van der Waals surface area contributed by atoms with E-state index in [1.807, 2.05) is 34.6 Å². The molecule has 1 unspecified atom stereocenters. The molecule has 0 aromatic heterocycles. The number of guanidine groups is 1. The zero-order chi connectivity index (χ0) is 20.0. The number of halogens is 1. The van der Waals surface area contributed by atoms with Crippen LogP contribution in [0, 0.1) is 5.92 Å². The van der Waals surface area contributed by atoms with Gasteiger partial charge in [0, 0.05) is 46.4 Å². The van der Waals surface area contributed by atoms with Crippen molar-refractivity contribution in [3.63, 3.8) is 0 Å². The Labute approximate surface area is 183 Å². The van der Waals surface area contributed by atoms with Crippen LogP contribution < -0.4 is 10.6 Å². The lowest BCUT2D eigenvalue weighted by atomic mass is 10.2. The van der Waals surface area contributed by atoms with Gasteiger partial charge in [0.1, 0.15) is 5.60 Å². The Morgan fingerprint density at radius 1 is 1.19 bits per heavy atom. The lowest BCUT2D eigenvalue weighted by molar-refractivity contribution is 0.0279. The van der Waals surface area contributed by atoms with E-state index in [-0.39, 0.29) is 36.0 Å². The lowest BCUT2D eigenvalue weighted by Gasteiger charge is -2.26. The number of nitrogens with one attached hydrogen (secondary N) is 2.